The van der Waals surface area contributed by atoms with Crippen molar-refractivity contribution in [2.75, 3.05) is 12.1 Å². The van der Waals surface area contributed by atoms with Gasteiger partial charge in [-0.3, -0.25) is 14.5 Å². The maximum atomic E-state index is 12.6. The van der Waals surface area contributed by atoms with E-state index in [1.165, 1.54) is 11.3 Å². The number of benzene rings is 1. The molecule has 3 heterocycles. The zero-order valence-electron chi connectivity index (χ0n) is 16.0. The van der Waals surface area contributed by atoms with E-state index in [1.807, 2.05) is 13.8 Å². The van der Waals surface area contributed by atoms with E-state index < -0.39 is 12.1 Å². The average molecular weight is 416 g/mol. The third-order valence-electron chi connectivity index (χ3n) is 4.82. The highest BCUT2D eigenvalue weighted by molar-refractivity contribution is 7.15. The number of carbonyl (C=O) groups excluding carboxylic acids is 3. The summed E-state index contributed by atoms with van der Waals surface area (Å²) in [5.41, 5.74) is 1.63. The minimum absolute atomic E-state index is 0.103. The van der Waals surface area contributed by atoms with Crippen LogP contribution in [0.2, 0.25) is 0 Å². The molecule has 0 aliphatic carbocycles. The van der Waals surface area contributed by atoms with Gasteiger partial charge in [0.05, 0.1) is 12.2 Å². The summed E-state index contributed by atoms with van der Waals surface area (Å²) in [4.78, 5) is 43.5. The van der Waals surface area contributed by atoms with Crippen LogP contribution < -0.4 is 20.1 Å². The van der Waals surface area contributed by atoms with Gasteiger partial charge in [0.1, 0.15) is 6.04 Å². The van der Waals surface area contributed by atoms with Crippen molar-refractivity contribution in [2.24, 2.45) is 0 Å². The van der Waals surface area contributed by atoms with Gasteiger partial charge in [0.15, 0.2) is 16.6 Å². The van der Waals surface area contributed by atoms with Crippen molar-refractivity contribution in [2.45, 2.75) is 39.3 Å². The molecule has 10 heteroatoms. The van der Waals surface area contributed by atoms with Crippen LogP contribution in [-0.2, 0) is 16.1 Å². The summed E-state index contributed by atoms with van der Waals surface area (Å²) >= 11 is 1.40. The van der Waals surface area contributed by atoms with Crippen LogP contribution in [0.25, 0.3) is 0 Å². The Morgan fingerprint density at radius 1 is 1.31 bits per heavy atom. The Morgan fingerprint density at radius 2 is 2.10 bits per heavy atom. The maximum Gasteiger partial charge on any atom is 0.325 e. The number of urea groups is 1. The Morgan fingerprint density at radius 3 is 2.86 bits per heavy atom. The van der Waals surface area contributed by atoms with Crippen LogP contribution in [0.15, 0.2) is 18.2 Å². The van der Waals surface area contributed by atoms with Crippen molar-refractivity contribution in [3.8, 4) is 11.5 Å². The second kappa shape index (κ2) is 7.70. The number of hydrogen-bond acceptors (Lipinski definition) is 7. The number of ether oxygens (including phenoxy) is 2. The molecule has 2 aliphatic heterocycles. The van der Waals surface area contributed by atoms with E-state index in [1.54, 1.807) is 18.2 Å². The van der Waals surface area contributed by atoms with Crippen molar-refractivity contribution in [1.29, 1.82) is 0 Å². The predicted molar refractivity (Wildman–Crippen MR) is 105 cm³/mol. The lowest BCUT2D eigenvalue weighted by atomic mass is 10.1. The first-order chi connectivity index (χ1) is 13.9. The number of hydrogen-bond donors (Lipinski definition) is 2. The minimum Gasteiger partial charge on any atom is -0.454 e. The van der Waals surface area contributed by atoms with Crippen LogP contribution in [0.3, 0.4) is 0 Å². The normalized spacial score (nSPS) is 17.6. The average Bonchev–Trinajstić information content (AvgIpc) is 3.34. The highest BCUT2D eigenvalue weighted by atomic mass is 32.1. The molecule has 0 bridgehead atoms. The molecule has 2 N–H and O–H groups in total. The van der Waals surface area contributed by atoms with E-state index in [0.717, 1.165) is 21.0 Å². The summed E-state index contributed by atoms with van der Waals surface area (Å²) in [6, 6.07) is 4.10. The smallest absolute Gasteiger partial charge is 0.325 e. The molecule has 1 saturated heterocycles. The summed E-state index contributed by atoms with van der Waals surface area (Å²) < 4.78 is 10.6. The van der Waals surface area contributed by atoms with Crippen LogP contribution in [-0.4, -0.2) is 40.6 Å². The highest BCUT2D eigenvalue weighted by Crippen LogP contribution is 2.33. The lowest BCUT2D eigenvalue weighted by Gasteiger charge is -2.13. The van der Waals surface area contributed by atoms with Gasteiger partial charge >= 0.3 is 6.03 Å². The number of aromatic nitrogens is 1. The molecule has 152 valence electrons. The summed E-state index contributed by atoms with van der Waals surface area (Å²) in [5.74, 6) is 0.646. The lowest BCUT2D eigenvalue weighted by molar-refractivity contribution is -0.128. The Balaban J connectivity index is 1.32. The fourth-order valence-corrected chi connectivity index (χ4v) is 3.96. The fraction of sp³-hybridized carbons (Fsp3) is 0.368. The predicted octanol–water partition coefficient (Wildman–Crippen LogP) is 2.33. The number of nitrogens with one attached hydrogen (secondary N) is 2. The molecule has 2 aromatic rings. The van der Waals surface area contributed by atoms with Gasteiger partial charge in [0.2, 0.25) is 12.7 Å². The van der Waals surface area contributed by atoms with Gasteiger partial charge in [-0.05, 0) is 38.0 Å². The molecule has 1 unspecified atom stereocenters. The van der Waals surface area contributed by atoms with Crippen molar-refractivity contribution < 1.29 is 23.9 Å². The van der Waals surface area contributed by atoms with E-state index in [9.17, 15) is 14.4 Å². The van der Waals surface area contributed by atoms with E-state index in [4.69, 9.17) is 9.47 Å². The molecular weight excluding hydrogens is 396 g/mol. The highest BCUT2D eigenvalue weighted by Gasteiger charge is 2.38. The molecule has 1 aromatic heterocycles. The number of nitrogens with zero attached hydrogens (tertiary/aromatic N) is 2. The molecule has 0 spiro atoms. The second-order valence-electron chi connectivity index (χ2n) is 6.86. The van der Waals surface area contributed by atoms with Gasteiger partial charge < -0.3 is 20.1 Å². The van der Waals surface area contributed by atoms with Gasteiger partial charge in [-0.1, -0.05) is 6.07 Å². The molecule has 1 fully saturated rings. The van der Waals surface area contributed by atoms with Crippen LogP contribution in [0.5, 0.6) is 11.5 Å². The van der Waals surface area contributed by atoms with Gasteiger partial charge in [-0.15, -0.1) is 11.3 Å². The number of carbonyl (C=O) groups is 3. The summed E-state index contributed by atoms with van der Waals surface area (Å²) in [6.45, 7) is 4.10. The summed E-state index contributed by atoms with van der Waals surface area (Å²) in [6.07, 6.45) is 0.323. The molecule has 1 aromatic carbocycles. The van der Waals surface area contributed by atoms with E-state index in [-0.39, 0.29) is 38.0 Å². The number of aryl methyl sites for hydroxylation is 2. The van der Waals surface area contributed by atoms with Crippen molar-refractivity contribution in [1.82, 2.24) is 15.2 Å². The van der Waals surface area contributed by atoms with Gasteiger partial charge in [-0.25, -0.2) is 9.78 Å². The molecular formula is C19H20N4O5S. The number of amides is 4. The number of rotatable bonds is 6. The molecule has 0 saturated carbocycles. The third kappa shape index (κ3) is 4.02. The minimum atomic E-state index is -0.720. The van der Waals surface area contributed by atoms with E-state index in [2.05, 4.69) is 15.6 Å². The van der Waals surface area contributed by atoms with Crippen LogP contribution >= 0.6 is 11.3 Å². The van der Waals surface area contributed by atoms with Crippen LogP contribution in [0, 0.1) is 13.8 Å². The van der Waals surface area contributed by atoms with E-state index >= 15 is 0 Å². The van der Waals surface area contributed by atoms with Crippen molar-refractivity contribution >= 4 is 34.3 Å². The first kappa shape index (κ1) is 19.2. The topological polar surface area (TPSA) is 110 Å². The van der Waals surface area contributed by atoms with Crippen LogP contribution in [0.1, 0.15) is 29.0 Å². The lowest BCUT2D eigenvalue weighted by Crippen LogP contribution is -2.31. The molecule has 29 heavy (non-hydrogen) atoms. The van der Waals surface area contributed by atoms with Crippen molar-refractivity contribution in [3.63, 3.8) is 0 Å². The first-order valence-corrected chi connectivity index (χ1v) is 9.96. The molecule has 9 nitrogen and oxygen atoms in total. The number of imide groups is 1. The Hall–Kier alpha value is -3.14. The van der Waals surface area contributed by atoms with Gasteiger partial charge in [0, 0.05) is 11.3 Å². The Labute approximate surface area is 171 Å². The quantitative estimate of drug-likeness (QED) is 0.700. The molecule has 2 aliphatic rings. The molecule has 0 radical (unpaired) electrons. The van der Waals surface area contributed by atoms with E-state index in [0.29, 0.717) is 16.6 Å². The first-order valence-electron chi connectivity index (χ1n) is 9.15. The van der Waals surface area contributed by atoms with Crippen LogP contribution in [0.4, 0.5) is 9.93 Å². The number of thiazole rings is 1. The molecule has 4 amide bonds. The zero-order chi connectivity index (χ0) is 20.5. The number of fused-ring (bicyclic) bond motifs is 1. The maximum absolute atomic E-state index is 12.6. The standard InChI is InChI=1S/C19H20N4O5S/c1-10-11(2)29-18(20-10)22-16(24)6-4-13-17(25)23(19(26)21-13)8-12-3-5-14-15(7-12)28-9-27-14/h3,5,7,13H,4,6,8-9H2,1-2H3,(H,21,26)(H,20,22,24). The summed E-state index contributed by atoms with van der Waals surface area (Å²) in [7, 11) is 0. The molecule has 4 rings (SSSR count). The summed E-state index contributed by atoms with van der Waals surface area (Å²) in [5, 5.41) is 5.92. The molecule has 1 atom stereocenters. The Bertz CT molecular complexity index is 969. The zero-order valence-corrected chi connectivity index (χ0v) is 16.8. The fourth-order valence-electron chi connectivity index (χ4n) is 3.13. The van der Waals surface area contributed by atoms with Crippen molar-refractivity contribution in [3.05, 3.63) is 34.3 Å². The monoisotopic (exact) mass is 416 g/mol. The third-order valence-corrected chi connectivity index (χ3v) is 5.81. The largest absolute Gasteiger partial charge is 0.454 e. The SMILES string of the molecule is Cc1nc(NC(=O)CCC2NC(=O)N(Cc3ccc4c(c3)OCO4)C2=O)sc1C. The second-order valence-corrected chi connectivity index (χ2v) is 8.06. The van der Waals surface area contributed by atoms with Gasteiger partial charge in [0.25, 0.3) is 5.91 Å². The van der Waals surface area contributed by atoms with Gasteiger partial charge in [-0.2, -0.15) is 0 Å². The number of anilines is 1. The Kier molecular flexibility index (Phi) is 5.10.